The van der Waals surface area contributed by atoms with Crippen LogP contribution in [-0.2, 0) is 10.0 Å². The van der Waals surface area contributed by atoms with Crippen molar-refractivity contribution in [2.24, 2.45) is 0 Å². The molecule has 32 heavy (non-hydrogen) atoms. The summed E-state index contributed by atoms with van der Waals surface area (Å²) in [7, 11) is -3.57. The van der Waals surface area contributed by atoms with E-state index in [-0.39, 0.29) is 10.4 Å². The van der Waals surface area contributed by atoms with Crippen molar-refractivity contribution in [3.63, 3.8) is 0 Å². The molecule has 180 valence electrons. The molecule has 1 aliphatic carbocycles. The highest BCUT2D eigenvalue weighted by molar-refractivity contribution is 8.09. The average molecular weight is 497 g/mol. The molecule has 7 heteroatoms. The first kappa shape index (κ1) is 26.0. The highest BCUT2D eigenvalue weighted by Crippen LogP contribution is 2.36. The van der Waals surface area contributed by atoms with Crippen LogP contribution in [-0.4, -0.2) is 28.9 Å². The fourth-order valence-corrected chi connectivity index (χ4v) is 9.11. The van der Waals surface area contributed by atoms with Crippen molar-refractivity contribution >= 4 is 43.5 Å². The van der Waals surface area contributed by atoms with Crippen LogP contribution in [0.3, 0.4) is 0 Å². The van der Waals surface area contributed by atoms with Gasteiger partial charge >= 0.3 is 0 Å². The maximum atomic E-state index is 13.6. The molecule has 1 fully saturated rings. The summed E-state index contributed by atoms with van der Waals surface area (Å²) in [5.74, 6) is 0.872. The van der Waals surface area contributed by atoms with Crippen molar-refractivity contribution in [2.75, 3.05) is 5.75 Å². The fourth-order valence-electron chi connectivity index (χ4n) is 4.45. The summed E-state index contributed by atoms with van der Waals surface area (Å²) in [5.41, 5.74) is 0.777. The van der Waals surface area contributed by atoms with Crippen molar-refractivity contribution in [3.05, 3.63) is 24.3 Å². The van der Waals surface area contributed by atoms with Crippen LogP contribution in [0, 0.1) is 0 Å². The van der Waals surface area contributed by atoms with Gasteiger partial charge in [-0.2, -0.15) is 0 Å². The number of hydrogen-bond donors (Lipinski definition) is 0. The van der Waals surface area contributed by atoms with Crippen LogP contribution in [0.5, 0.6) is 0 Å². The number of fused-ring (bicyclic) bond motifs is 1. The smallest absolute Gasteiger partial charge is 0.224 e. The minimum Gasteiger partial charge on any atom is -0.224 e. The maximum Gasteiger partial charge on any atom is 0.279 e. The number of sulfonamides is 1. The number of thiazole rings is 1. The van der Waals surface area contributed by atoms with E-state index in [0.717, 1.165) is 48.1 Å². The molecule has 0 amide bonds. The van der Waals surface area contributed by atoms with Gasteiger partial charge in [-0.25, -0.2) is 13.4 Å². The molecule has 0 bridgehead atoms. The van der Waals surface area contributed by atoms with Crippen LogP contribution in [0.1, 0.15) is 103 Å². The van der Waals surface area contributed by atoms with Crippen LogP contribution in [0.15, 0.2) is 28.6 Å². The van der Waals surface area contributed by atoms with Gasteiger partial charge in [0.15, 0.2) is 0 Å². The molecule has 4 nitrogen and oxygen atoms in total. The van der Waals surface area contributed by atoms with Crippen LogP contribution in [0.2, 0.25) is 0 Å². The highest BCUT2D eigenvalue weighted by atomic mass is 32.3. The van der Waals surface area contributed by atoms with Crippen LogP contribution in [0.4, 0.5) is 0 Å². The molecule has 0 saturated heterocycles. The van der Waals surface area contributed by atoms with Crippen LogP contribution < -0.4 is 0 Å². The van der Waals surface area contributed by atoms with Crippen molar-refractivity contribution in [1.82, 2.24) is 8.69 Å². The molecule has 1 saturated carbocycles. The van der Waals surface area contributed by atoms with Gasteiger partial charge in [-0.15, -0.1) is 15.0 Å². The number of unbranched alkanes of at least 4 members (excludes halogenated alkanes) is 9. The molecule has 2 aromatic rings. The summed E-state index contributed by atoms with van der Waals surface area (Å²) in [6.07, 6.45) is 18.4. The van der Waals surface area contributed by atoms with E-state index in [2.05, 4.69) is 11.9 Å². The minimum absolute atomic E-state index is 0.105. The Balaban J connectivity index is 1.50. The van der Waals surface area contributed by atoms with E-state index in [4.69, 9.17) is 0 Å². The third-order valence-corrected chi connectivity index (χ3v) is 11.3. The van der Waals surface area contributed by atoms with Gasteiger partial charge in [-0.05, 0) is 31.4 Å². The molecule has 0 N–H and O–H groups in total. The summed E-state index contributed by atoms with van der Waals surface area (Å²) >= 11 is 2.83. The third-order valence-electron chi connectivity index (χ3n) is 6.32. The predicted molar refractivity (Wildman–Crippen MR) is 140 cm³/mol. The van der Waals surface area contributed by atoms with Crippen LogP contribution in [0.25, 0.3) is 10.2 Å². The zero-order valence-corrected chi connectivity index (χ0v) is 22.1. The lowest BCUT2D eigenvalue weighted by Crippen LogP contribution is -2.36. The van der Waals surface area contributed by atoms with Crippen molar-refractivity contribution in [2.45, 2.75) is 114 Å². The van der Waals surface area contributed by atoms with E-state index in [1.165, 1.54) is 87.5 Å². The summed E-state index contributed by atoms with van der Waals surface area (Å²) in [6.45, 7) is 2.26. The second-order valence-corrected chi connectivity index (χ2v) is 13.3. The lowest BCUT2D eigenvalue weighted by atomic mass is 9.96. The Morgan fingerprint density at radius 2 is 1.56 bits per heavy atom. The molecule has 0 atom stereocenters. The Bertz CT molecular complexity index is 858. The number of rotatable bonds is 15. The van der Waals surface area contributed by atoms with Gasteiger partial charge in [-0.1, -0.05) is 108 Å². The Kier molecular flexibility index (Phi) is 11.3. The summed E-state index contributed by atoms with van der Waals surface area (Å²) in [5, 5.41) is 0. The van der Waals surface area contributed by atoms with Crippen molar-refractivity contribution in [1.29, 1.82) is 0 Å². The van der Waals surface area contributed by atoms with E-state index >= 15 is 0 Å². The molecule has 1 aromatic heterocycles. The SMILES string of the molecule is CCCCCCCCCCCCSN(C1CCCCC1)S(=O)(=O)c1nc2ccccc2s1. The molecule has 0 aliphatic heterocycles. The topological polar surface area (TPSA) is 50.3 Å². The summed E-state index contributed by atoms with van der Waals surface area (Å²) < 4.78 is 30.1. The highest BCUT2D eigenvalue weighted by Gasteiger charge is 2.35. The van der Waals surface area contributed by atoms with E-state index in [1.54, 1.807) is 3.71 Å². The van der Waals surface area contributed by atoms with Crippen LogP contribution >= 0.6 is 23.3 Å². The molecule has 1 aromatic carbocycles. The van der Waals surface area contributed by atoms with Gasteiger partial charge in [0, 0.05) is 11.8 Å². The van der Waals surface area contributed by atoms with Gasteiger partial charge in [0.2, 0.25) is 4.34 Å². The Morgan fingerprint density at radius 1 is 0.938 bits per heavy atom. The predicted octanol–water partition coefficient (Wildman–Crippen LogP) is 8.19. The molecule has 0 spiro atoms. The molecule has 1 aliphatic rings. The summed E-state index contributed by atoms with van der Waals surface area (Å²) in [4.78, 5) is 4.48. The molecule has 3 rings (SSSR count). The second kappa shape index (κ2) is 13.9. The van der Waals surface area contributed by atoms with Crippen molar-refractivity contribution in [3.8, 4) is 0 Å². The number of benzene rings is 1. The third kappa shape index (κ3) is 7.71. The quantitative estimate of drug-likeness (QED) is 0.184. The lowest BCUT2D eigenvalue weighted by molar-refractivity contribution is 0.345. The molecular weight excluding hydrogens is 456 g/mol. The number of para-hydroxylation sites is 1. The normalized spacial score (nSPS) is 15.7. The van der Waals surface area contributed by atoms with Crippen molar-refractivity contribution < 1.29 is 8.42 Å². The Labute approximate surface area is 203 Å². The zero-order valence-electron chi connectivity index (χ0n) is 19.6. The number of nitrogens with zero attached hydrogens (tertiary/aromatic N) is 2. The first-order valence-corrected chi connectivity index (χ1v) is 15.9. The number of hydrogen-bond acceptors (Lipinski definition) is 5. The Hall–Kier alpha value is -0.630. The maximum absolute atomic E-state index is 13.6. The Morgan fingerprint density at radius 3 is 2.22 bits per heavy atom. The van der Waals surface area contributed by atoms with Gasteiger partial charge in [0.1, 0.15) is 0 Å². The number of aromatic nitrogens is 1. The van der Waals surface area contributed by atoms with E-state index < -0.39 is 10.0 Å². The van der Waals surface area contributed by atoms with E-state index in [1.807, 2.05) is 24.3 Å². The first-order chi connectivity index (χ1) is 15.6. The molecule has 1 heterocycles. The van der Waals surface area contributed by atoms with Gasteiger partial charge in [0.05, 0.1) is 10.2 Å². The molecular formula is C25H40N2O2S3. The first-order valence-electron chi connectivity index (χ1n) is 12.7. The zero-order chi connectivity index (χ0) is 22.7. The molecule has 0 unspecified atom stereocenters. The van der Waals surface area contributed by atoms with Gasteiger partial charge < -0.3 is 0 Å². The summed E-state index contributed by atoms with van der Waals surface area (Å²) in [6, 6.07) is 7.81. The molecule has 0 radical (unpaired) electrons. The van der Waals surface area contributed by atoms with Gasteiger partial charge in [-0.3, -0.25) is 0 Å². The van der Waals surface area contributed by atoms with Gasteiger partial charge in [0.25, 0.3) is 10.0 Å². The van der Waals surface area contributed by atoms with E-state index in [9.17, 15) is 8.42 Å². The average Bonchev–Trinajstić information content (AvgIpc) is 3.26. The lowest BCUT2D eigenvalue weighted by Gasteiger charge is -2.31. The standard InChI is InChI=1S/C25H40N2O2S3/c1-2-3-4-5-6-7-8-9-10-16-21-30-27(22-17-12-11-13-18-22)32(28,29)25-26-23-19-14-15-20-24(23)31-25/h14-15,19-20,22H,2-13,16-18,21H2,1H3. The minimum atomic E-state index is -3.57. The fraction of sp³-hybridized carbons (Fsp3) is 0.720. The van der Waals surface area contributed by atoms with E-state index in [0.29, 0.717) is 0 Å². The second-order valence-electron chi connectivity index (χ2n) is 9.01. The monoisotopic (exact) mass is 496 g/mol. The largest absolute Gasteiger partial charge is 0.279 e.